The Morgan fingerprint density at radius 2 is 1.40 bits per heavy atom. The number of likely N-dealkylation sites (tertiary alicyclic amines) is 1. The van der Waals surface area contributed by atoms with Crippen molar-refractivity contribution < 1.29 is 85.3 Å². The average molecular weight is 677 g/mol. The van der Waals surface area contributed by atoms with Gasteiger partial charge in [-0.2, -0.15) is 61.5 Å². The first-order valence-corrected chi connectivity index (χ1v) is 12.6. The minimum absolute atomic E-state index is 0.0178. The van der Waals surface area contributed by atoms with E-state index in [0.717, 1.165) is 12.1 Å². The maximum absolute atomic E-state index is 14.1. The maximum Gasteiger partial charge on any atom is 0.460 e. The Kier molecular flexibility index (Phi) is 7.05. The number of ether oxygens (including phenoxy) is 3. The molecule has 1 spiro atoms. The third-order valence-electron chi connectivity index (χ3n) is 8.57. The van der Waals surface area contributed by atoms with Gasteiger partial charge in [-0.3, -0.25) is 0 Å². The van der Waals surface area contributed by atoms with Gasteiger partial charge in [0.25, 0.3) is 0 Å². The van der Waals surface area contributed by atoms with Crippen molar-refractivity contribution in [3.8, 4) is 11.5 Å². The van der Waals surface area contributed by atoms with Crippen molar-refractivity contribution in [3.05, 3.63) is 35.4 Å². The van der Waals surface area contributed by atoms with Gasteiger partial charge in [-0.1, -0.05) is 12.1 Å². The number of alkyl halides is 14. The summed E-state index contributed by atoms with van der Waals surface area (Å²) in [5, 5.41) is 0. The van der Waals surface area contributed by atoms with Crippen molar-refractivity contribution in [3.63, 3.8) is 0 Å². The zero-order valence-corrected chi connectivity index (χ0v) is 22.0. The number of esters is 2. The van der Waals surface area contributed by atoms with E-state index in [4.69, 9.17) is 4.74 Å². The molecule has 5 rings (SSSR count). The van der Waals surface area contributed by atoms with Crippen LogP contribution >= 0.6 is 0 Å². The molecule has 1 fully saturated rings. The number of halogens is 14. The smallest absolute Gasteiger partial charge is 0.460 e. The second-order valence-corrected chi connectivity index (χ2v) is 11.0. The standard InChI is InChI=1S/C25H17F14NO5/c1-40-7-6-19-10-3-5-13(44-18(42)21(28,29)23(32,33)25(37,38)39)16(19)45-15-12(4-2-9(14(15)19)8-11(10)40)43-17(41)20(26,27)22(30,31)24(34,35)36/h2-5,10-11,13,16H,6-8H2,1H3/t10?,11-,13+,16+,19+/m0/s1. The fourth-order valence-electron chi connectivity index (χ4n) is 6.36. The van der Waals surface area contributed by atoms with E-state index in [1.807, 2.05) is 4.90 Å². The fraction of sp³-hybridized carbons (Fsp3) is 0.600. The lowest BCUT2D eigenvalue weighted by Crippen LogP contribution is -2.65. The first-order valence-electron chi connectivity index (χ1n) is 12.6. The van der Waals surface area contributed by atoms with Crippen LogP contribution in [-0.4, -0.2) is 84.7 Å². The number of likely N-dealkylation sites (N-methyl/N-ethyl adjacent to an activating group) is 1. The van der Waals surface area contributed by atoms with Crippen LogP contribution in [0.4, 0.5) is 61.5 Å². The summed E-state index contributed by atoms with van der Waals surface area (Å²) in [6, 6.07) is 1.41. The second kappa shape index (κ2) is 9.60. The third kappa shape index (κ3) is 4.32. The van der Waals surface area contributed by atoms with E-state index in [9.17, 15) is 71.1 Å². The summed E-state index contributed by atoms with van der Waals surface area (Å²) >= 11 is 0. The normalized spacial score (nSPS) is 28.3. The molecule has 1 unspecified atom stereocenters. The van der Waals surface area contributed by atoms with Crippen LogP contribution in [0.5, 0.6) is 11.5 Å². The maximum atomic E-state index is 14.1. The predicted octanol–water partition coefficient (Wildman–Crippen LogP) is 5.61. The molecule has 0 aromatic heterocycles. The van der Waals surface area contributed by atoms with E-state index in [0.29, 0.717) is 11.6 Å². The van der Waals surface area contributed by atoms with Crippen LogP contribution < -0.4 is 9.47 Å². The van der Waals surface area contributed by atoms with E-state index < -0.39 is 89.1 Å². The number of benzene rings is 1. The molecular weight excluding hydrogens is 660 g/mol. The van der Waals surface area contributed by atoms with Crippen molar-refractivity contribution in [2.75, 3.05) is 13.6 Å². The lowest BCUT2D eigenvalue weighted by atomic mass is 9.53. The Balaban J connectivity index is 1.55. The molecular formula is C25H17F14NO5. The van der Waals surface area contributed by atoms with Crippen LogP contribution in [0.15, 0.2) is 24.3 Å². The number of carbonyl (C=O) groups excluding carboxylic acids is 2. The van der Waals surface area contributed by atoms with Gasteiger partial charge in [0.1, 0.15) is 6.10 Å². The van der Waals surface area contributed by atoms with Crippen LogP contribution in [-0.2, 0) is 26.2 Å². The highest BCUT2D eigenvalue weighted by molar-refractivity contribution is 5.83. The molecule has 0 saturated carbocycles. The highest BCUT2D eigenvalue weighted by Crippen LogP contribution is 2.63. The average Bonchev–Trinajstić information content (AvgIpc) is 3.26. The predicted molar refractivity (Wildman–Crippen MR) is 117 cm³/mol. The molecule has 2 heterocycles. The minimum atomic E-state index is -6.89. The van der Waals surface area contributed by atoms with Crippen LogP contribution in [0.3, 0.4) is 0 Å². The lowest BCUT2D eigenvalue weighted by Gasteiger charge is -2.56. The quantitative estimate of drug-likeness (QED) is 0.169. The summed E-state index contributed by atoms with van der Waals surface area (Å²) < 4.78 is 200. The van der Waals surface area contributed by atoms with Gasteiger partial charge in [-0.25, -0.2) is 9.59 Å². The molecule has 1 aromatic carbocycles. The van der Waals surface area contributed by atoms with Gasteiger partial charge in [-0.15, -0.1) is 0 Å². The topological polar surface area (TPSA) is 65.1 Å². The molecule has 1 saturated heterocycles. The Hall–Kier alpha value is -3.32. The van der Waals surface area contributed by atoms with Gasteiger partial charge in [0.2, 0.25) is 0 Å². The molecule has 0 amide bonds. The summed E-state index contributed by atoms with van der Waals surface area (Å²) in [5.74, 6) is -35.9. The number of hydrogen-bond donors (Lipinski definition) is 0. The zero-order valence-electron chi connectivity index (χ0n) is 22.0. The van der Waals surface area contributed by atoms with Crippen LogP contribution in [0.25, 0.3) is 0 Å². The second-order valence-electron chi connectivity index (χ2n) is 11.0. The number of rotatable bonds is 6. The van der Waals surface area contributed by atoms with Crippen molar-refractivity contribution in [1.82, 2.24) is 4.90 Å². The van der Waals surface area contributed by atoms with E-state index in [2.05, 4.69) is 9.47 Å². The van der Waals surface area contributed by atoms with Crippen molar-refractivity contribution in [1.29, 1.82) is 0 Å². The Labute approximate surface area is 241 Å². The van der Waals surface area contributed by atoms with Crippen LogP contribution in [0.1, 0.15) is 17.5 Å². The third-order valence-corrected chi connectivity index (χ3v) is 8.57. The van der Waals surface area contributed by atoms with Gasteiger partial charge in [0, 0.05) is 22.9 Å². The first kappa shape index (κ1) is 33.1. The Morgan fingerprint density at radius 1 is 0.844 bits per heavy atom. The molecule has 20 heteroatoms. The van der Waals surface area contributed by atoms with Crippen LogP contribution in [0, 0.1) is 5.92 Å². The molecule has 6 nitrogen and oxygen atoms in total. The van der Waals surface area contributed by atoms with Crippen molar-refractivity contribution >= 4 is 11.9 Å². The van der Waals surface area contributed by atoms with E-state index in [1.165, 1.54) is 6.08 Å². The number of nitrogens with zero attached hydrogens (tertiary/aromatic N) is 1. The molecule has 0 N–H and O–H groups in total. The summed E-state index contributed by atoms with van der Waals surface area (Å²) in [5.41, 5.74) is -1.24. The summed E-state index contributed by atoms with van der Waals surface area (Å²) in [6.45, 7) is 0.163. The van der Waals surface area contributed by atoms with E-state index >= 15 is 0 Å². The monoisotopic (exact) mass is 677 g/mol. The highest BCUT2D eigenvalue weighted by Gasteiger charge is 2.79. The molecule has 4 aliphatic rings. The molecule has 5 atom stereocenters. The summed E-state index contributed by atoms with van der Waals surface area (Å²) in [4.78, 5) is 25.9. The number of hydrogen-bond acceptors (Lipinski definition) is 6. The largest absolute Gasteiger partial charge is 0.481 e. The summed E-state index contributed by atoms with van der Waals surface area (Å²) in [7, 11) is 1.67. The van der Waals surface area contributed by atoms with Crippen molar-refractivity contribution in [2.45, 2.75) is 72.5 Å². The van der Waals surface area contributed by atoms with Gasteiger partial charge in [-0.05, 0) is 44.1 Å². The summed E-state index contributed by atoms with van der Waals surface area (Å²) in [6.07, 6.45) is -15.5. The van der Waals surface area contributed by atoms with Crippen LogP contribution in [0.2, 0.25) is 0 Å². The van der Waals surface area contributed by atoms with Gasteiger partial charge >= 0.3 is 48.0 Å². The van der Waals surface area contributed by atoms with Gasteiger partial charge < -0.3 is 19.1 Å². The Bertz CT molecular complexity index is 1450. The van der Waals surface area contributed by atoms with Gasteiger partial charge in [0.05, 0.1) is 0 Å². The molecule has 250 valence electrons. The minimum Gasteiger partial charge on any atom is -0.481 e. The molecule has 2 aliphatic carbocycles. The lowest BCUT2D eigenvalue weighted by molar-refractivity contribution is -0.349. The molecule has 45 heavy (non-hydrogen) atoms. The molecule has 2 bridgehead atoms. The van der Waals surface area contributed by atoms with Gasteiger partial charge in [0.15, 0.2) is 17.6 Å². The SMILES string of the molecule is CN1CC[C@@]23c4c5ccc(OC(=O)C(F)(F)C(F)(F)C(F)(F)F)c4O[C@@H]2[C@H](OC(=O)C(F)(F)C(F)(F)C(F)(F)F)C=CC3[C@@H]1C5. The molecule has 0 radical (unpaired) electrons. The first-order chi connectivity index (χ1) is 20.3. The number of carbonyl (C=O) groups is 2. The molecule has 2 aliphatic heterocycles. The Morgan fingerprint density at radius 3 is 1.96 bits per heavy atom. The highest BCUT2D eigenvalue weighted by atomic mass is 19.4. The van der Waals surface area contributed by atoms with E-state index in [1.54, 1.807) is 7.05 Å². The zero-order chi connectivity index (χ0) is 33.9. The van der Waals surface area contributed by atoms with E-state index in [-0.39, 0.29) is 24.9 Å². The van der Waals surface area contributed by atoms with Crippen molar-refractivity contribution in [2.24, 2.45) is 5.92 Å². The molecule has 1 aromatic rings. The fourth-order valence-corrected chi connectivity index (χ4v) is 6.36. The number of piperidine rings is 1.